The van der Waals surface area contributed by atoms with Gasteiger partial charge in [-0.1, -0.05) is 13.0 Å². The fourth-order valence-electron chi connectivity index (χ4n) is 4.36. The molecule has 1 atom stereocenters. The van der Waals surface area contributed by atoms with Crippen molar-refractivity contribution in [3.63, 3.8) is 0 Å². The summed E-state index contributed by atoms with van der Waals surface area (Å²) in [6.07, 6.45) is 3.72. The van der Waals surface area contributed by atoms with Crippen LogP contribution in [0.25, 0.3) is 0 Å². The highest BCUT2D eigenvalue weighted by molar-refractivity contribution is 5.44. The van der Waals surface area contributed by atoms with Crippen LogP contribution in [0.5, 0.6) is 11.5 Å². The highest BCUT2D eigenvalue weighted by atomic mass is 16.5. The van der Waals surface area contributed by atoms with Crippen LogP contribution in [0.4, 0.5) is 0 Å². The minimum Gasteiger partial charge on any atom is -0.493 e. The van der Waals surface area contributed by atoms with Crippen molar-refractivity contribution >= 4 is 0 Å². The number of rotatable bonds is 9. The Morgan fingerprint density at radius 1 is 1.07 bits per heavy atom. The van der Waals surface area contributed by atoms with Crippen LogP contribution < -0.4 is 14.8 Å². The number of hydrogen-bond acceptors (Lipinski definition) is 6. The molecule has 2 heterocycles. The standard InChI is InChI=1S/C22H37N3O3/c1-4-9-24-10-7-19(8-11-24)23-17-20(25-12-14-28-15-13-25)18-5-6-21(26-2)22(16-18)27-3/h5-6,16,19-20,23H,4,7-15,17H2,1-3H3. The van der Waals surface area contributed by atoms with E-state index in [2.05, 4.69) is 34.2 Å². The lowest BCUT2D eigenvalue weighted by atomic mass is 10.0. The Balaban J connectivity index is 1.66. The molecule has 0 radical (unpaired) electrons. The Morgan fingerprint density at radius 2 is 1.79 bits per heavy atom. The quantitative estimate of drug-likeness (QED) is 0.698. The molecule has 1 N–H and O–H groups in total. The highest BCUT2D eigenvalue weighted by Gasteiger charge is 2.26. The molecule has 1 unspecified atom stereocenters. The maximum absolute atomic E-state index is 5.58. The summed E-state index contributed by atoms with van der Waals surface area (Å²) in [6.45, 7) is 10.4. The number of morpholine rings is 1. The van der Waals surface area contributed by atoms with Crippen molar-refractivity contribution in [1.82, 2.24) is 15.1 Å². The average molecular weight is 392 g/mol. The van der Waals surface area contributed by atoms with E-state index in [1.807, 2.05) is 6.07 Å². The Morgan fingerprint density at radius 3 is 2.43 bits per heavy atom. The maximum Gasteiger partial charge on any atom is 0.161 e. The van der Waals surface area contributed by atoms with E-state index in [0.29, 0.717) is 12.1 Å². The van der Waals surface area contributed by atoms with Crippen molar-refractivity contribution < 1.29 is 14.2 Å². The lowest BCUT2D eigenvalue weighted by molar-refractivity contribution is 0.0151. The summed E-state index contributed by atoms with van der Waals surface area (Å²) in [5.74, 6) is 1.58. The molecule has 0 saturated carbocycles. The van der Waals surface area contributed by atoms with Gasteiger partial charge in [0.15, 0.2) is 11.5 Å². The summed E-state index contributed by atoms with van der Waals surface area (Å²) in [7, 11) is 3.39. The second-order valence-electron chi connectivity index (χ2n) is 7.80. The monoisotopic (exact) mass is 391 g/mol. The Labute approximate surface area is 170 Å². The first kappa shape index (κ1) is 21.4. The minimum absolute atomic E-state index is 0.317. The van der Waals surface area contributed by atoms with E-state index in [1.165, 1.54) is 44.5 Å². The summed E-state index contributed by atoms with van der Waals surface area (Å²) in [4.78, 5) is 5.12. The van der Waals surface area contributed by atoms with Gasteiger partial charge in [0.25, 0.3) is 0 Å². The SMILES string of the molecule is CCCN1CCC(NCC(c2ccc(OC)c(OC)c2)N2CCOCC2)CC1. The van der Waals surface area contributed by atoms with E-state index in [-0.39, 0.29) is 0 Å². The molecular formula is C22H37N3O3. The molecule has 28 heavy (non-hydrogen) atoms. The molecule has 2 aliphatic rings. The van der Waals surface area contributed by atoms with Crippen LogP contribution >= 0.6 is 0 Å². The fourth-order valence-corrected chi connectivity index (χ4v) is 4.36. The van der Waals surface area contributed by atoms with Crippen molar-refractivity contribution in [2.24, 2.45) is 0 Å². The zero-order valence-corrected chi connectivity index (χ0v) is 17.8. The number of benzene rings is 1. The number of methoxy groups -OCH3 is 2. The summed E-state index contributed by atoms with van der Waals surface area (Å²) >= 11 is 0. The zero-order chi connectivity index (χ0) is 19.8. The van der Waals surface area contributed by atoms with E-state index in [9.17, 15) is 0 Å². The van der Waals surface area contributed by atoms with Crippen LogP contribution in [0.1, 0.15) is 37.8 Å². The molecule has 0 aromatic heterocycles. The van der Waals surface area contributed by atoms with Gasteiger partial charge in [-0.3, -0.25) is 4.90 Å². The molecule has 0 bridgehead atoms. The van der Waals surface area contributed by atoms with Gasteiger partial charge in [0.2, 0.25) is 0 Å². The van der Waals surface area contributed by atoms with Crippen molar-refractivity contribution in [2.75, 3.05) is 66.7 Å². The summed E-state index contributed by atoms with van der Waals surface area (Å²) in [6, 6.07) is 7.25. The van der Waals surface area contributed by atoms with Crippen molar-refractivity contribution in [2.45, 2.75) is 38.3 Å². The Kier molecular flexibility index (Phi) is 8.40. The van der Waals surface area contributed by atoms with Gasteiger partial charge in [0.05, 0.1) is 27.4 Å². The van der Waals surface area contributed by atoms with Crippen molar-refractivity contribution in [1.29, 1.82) is 0 Å². The van der Waals surface area contributed by atoms with Crippen LogP contribution in [-0.2, 0) is 4.74 Å². The molecule has 3 rings (SSSR count). The second-order valence-corrected chi connectivity index (χ2v) is 7.80. The van der Waals surface area contributed by atoms with Gasteiger partial charge in [-0.15, -0.1) is 0 Å². The Hall–Kier alpha value is -1.34. The van der Waals surface area contributed by atoms with Gasteiger partial charge >= 0.3 is 0 Å². The lowest BCUT2D eigenvalue weighted by Crippen LogP contribution is -2.47. The van der Waals surface area contributed by atoms with E-state index < -0.39 is 0 Å². The largest absolute Gasteiger partial charge is 0.493 e. The minimum atomic E-state index is 0.317. The third kappa shape index (κ3) is 5.60. The molecule has 1 aromatic carbocycles. The van der Waals surface area contributed by atoms with E-state index in [0.717, 1.165) is 44.3 Å². The number of piperidine rings is 1. The maximum atomic E-state index is 5.58. The number of hydrogen-bond donors (Lipinski definition) is 1. The summed E-state index contributed by atoms with van der Waals surface area (Å²) in [5, 5.41) is 3.86. The van der Waals surface area contributed by atoms with E-state index in [4.69, 9.17) is 14.2 Å². The van der Waals surface area contributed by atoms with Crippen LogP contribution in [0, 0.1) is 0 Å². The van der Waals surface area contributed by atoms with Crippen LogP contribution in [0.2, 0.25) is 0 Å². The van der Waals surface area contributed by atoms with E-state index in [1.54, 1.807) is 14.2 Å². The summed E-state index contributed by atoms with van der Waals surface area (Å²) in [5.41, 5.74) is 1.27. The molecule has 6 heteroatoms. The number of likely N-dealkylation sites (tertiary alicyclic amines) is 1. The van der Waals surface area contributed by atoms with Crippen LogP contribution in [0.15, 0.2) is 18.2 Å². The highest BCUT2D eigenvalue weighted by Crippen LogP contribution is 2.32. The normalized spacial score (nSPS) is 20.8. The number of nitrogens with one attached hydrogen (secondary N) is 1. The molecule has 2 saturated heterocycles. The third-order valence-corrected chi connectivity index (χ3v) is 6.01. The first-order chi connectivity index (χ1) is 13.7. The molecule has 0 amide bonds. The molecule has 6 nitrogen and oxygen atoms in total. The van der Waals surface area contributed by atoms with Crippen molar-refractivity contribution in [3.05, 3.63) is 23.8 Å². The Bertz CT molecular complexity index is 584. The van der Waals surface area contributed by atoms with Gasteiger partial charge in [-0.2, -0.15) is 0 Å². The third-order valence-electron chi connectivity index (χ3n) is 6.01. The first-order valence-electron chi connectivity index (χ1n) is 10.7. The van der Waals surface area contributed by atoms with Crippen molar-refractivity contribution in [3.8, 4) is 11.5 Å². The second kappa shape index (κ2) is 11.0. The number of ether oxygens (including phenoxy) is 3. The average Bonchev–Trinajstić information content (AvgIpc) is 2.76. The van der Waals surface area contributed by atoms with Crippen LogP contribution in [0.3, 0.4) is 0 Å². The molecule has 1 aromatic rings. The molecule has 2 aliphatic heterocycles. The molecular weight excluding hydrogens is 354 g/mol. The van der Waals surface area contributed by atoms with Gasteiger partial charge < -0.3 is 24.4 Å². The topological polar surface area (TPSA) is 46.2 Å². The van der Waals surface area contributed by atoms with Gasteiger partial charge in [0.1, 0.15) is 0 Å². The smallest absolute Gasteiger partial charge is 0.161 e. The van der Waals surface area contributed by atoms with Gasteiger partial charge in [0, 0.05) is 31.7 Å². The predicted molar refractivity (Wildman–Crippen MR) is 112 cm³/mol. The molecule has 0 aliphatic carbocycles. The first-order valence-corrected chi connectivity index (χ1v) is 10.7. The van der Waals surface area contributed by atoms with Gasteiger partial charge in [-0.25, -0.2) is 0 Å². The molecule has 0 spiro atoms. The molecule has 158 valence electrons. The predicted octanol–water partition coefficient (Wildman–Crippen LogP) is 2.54. The van der Waals surface area contributed by atoms with Crippen LogP contribution in [-0.4, -0.2) is 82.5 Å². The fraction of sp³-hybridized carbons (Fsp3) is 0.727. The zero-order valence-electron chi connectivity index (χ0n) is 17.8. The van der Waals surface area contributed by atoms with Gasteiger partial charge in [-0.05, 0) is 56.6 Å². The lowest BCUT2D eigenvalue weighted by Gasteiger charge is -2.37. The number of nitrogens with zero attached hydrogens (tertiary/aromatic N) is 2. The molecule has 2 fully saturated rings. The summed E-state index contributed by atoms with van der Waals surface area (Å²) < 4.78 is 16.6. The van der Waals surface area contributed by atoms with E-state index >= 15 is 0 Å².